The van der Waals surface area contributed by atoms with Crippen molar-refractivity contribution in [2.75, 3.05) is 13.2 Å². The molecule has 1 aliphatic heterocycles. The molecule has 1 aromatic rings. The second kappa shape index (κ2) is 4.07. The van der Waals surface area contributed by atoms with E-state index in [4.69, 9.17) is 14.7 Å². The van der Waals surface area contributed by atoms with Gasteiger partial charge in [0, 0.05) is 12.6 Å². The number of nitrogens with zero attached hydrogens (tertiary/aromatic N) is 2. The summed E-state index contributed by atoms with van der Waals surface area (Å²) in [4.78, 5) is 3.91. The molecule has 1 atom stereocenters. The first-order valence-corrected chi connectivity index (χ1v) is 4.49. The molecule has 1 unspecified atom stereocenters. The second-order valence-corrected chi connectivity index (χ2v) is 3.07. The van der Waals surface area contributed by atoms with Gasteiger partial charge in [-0.25, -0.2) is 4.98 Å². The molecule has 0 radical (unpaired) electrons. The van der Waals surface area contributed by atoms with Crippen molar-refractivity contribution < 1.29 is 9.47 Å². The summed E-state index contributed by atoms with van der Waals surface area (Å²) in [6, 6.07) is 5.50. The Balaban J connectivity index is 2.11. The molecule has 1 aromatic heterocycles. The van der Waals surface area contributed by atoms with E-state index in [2.05, 4.69) is 4.98 Å². The lowest BCUT2D eigenvalue weighted by atomic mass is 10.3. The van der Waals surface area contributed by atoms with Crippen LogP contribution >= 0.6 is 0 Å². The molecule has 72 valence electrons. The molecule has 1 fully saturated rings. The van der Waals surface area contributed by atoms with E-state index in [1.807, 2.05) is 6.07 Å². The van der Waals surface area contributed by atoms with Crippen molar-refractivity contribution in [3.8, 4) is 11.8 Å². The van der Waals surface area contributed by atoms with Crippen LogP contribution in [0.4, 0.5) is 0 Å². The van der Waals surface area contributed by atoms with Crippen molar-refractivity contribution in [3.05, 3.63) is 24.0 Å². The lowest BCUT2D eigenvalue weighted by Crippen LogP contribution is -2.16. The smallest absolute Gasteiger partial charge is 0.182 e. The van der Waals surface area contributed by atoms with Crippen LogP contribution in [0.3, 0.4) is 0 Å². The largest absolute Gasteiger partial charge is 0.485 e. The van der Waals surface area contributed by atoms with Gasteiger partial charge < -0.3 is 9.47 Å². The van der Waals surface area contributed by atoms with Crippen LogP contribution < -0.4 is 4.74 Å². The first-order valence-electron chi connectivity index (χ1n) is 4.49. The number of pyridine rings is 1. The Morgan fingerprint density at radius 3 is 3.29 bits per heavy atom. The van der Waals surface area contributed by atoms with Crippen LogP contribution in [0.15, 0.2) is 18.3 Å². The third-order valence-electron chi connectivity index (χ3n) is 2.06. The number of hydrogen-bond acceptors (Lipinski definition) is 4. The summed E-state index contributed by atoms with van der Waals surface area (Å²) in [5.41, 5.74) is 0.333. The predicted molar refractivity (Wildman–Crippen MR) is 48.8 cm³/mol. The molecule has 0 spiro atoms. The second-order valence-electron chi connectivity index (χ2n) is 3.07. The van der Waals surface area contributed by atoms with E-state index in [1.54, 1.807) is 18.3 Å². The molecule has 0 bridgehead atoms. The average Bonchev–Trinajstić information content (AvgIpc) is 2.71. The quantitative estimate of drug-likeness (QED) is 0.701. The molecule has 1 saturated heterocycles. The standard InChI is InChI=1S/C10H10N2O2/c11-6-9-10(2-1-4-12-9)14-8-3-5-13-7-8/h1-2,4,8H,3,5,7H2. The van der Waals surface area contributed by atoms with E-state index in [1.165, 1.54) is 0 Å². The van der Waals surface area contributed by atoms with E-state index in [-0.39, 0.29) is 6.10 Å². The Morgan fingerprint density at radius 1 is 1.64 bits per heavy atom. The van der Waals surface area contributed by atoms with Gasteiger partial charge in [0.05, 0.1) is 13.2 Å². The van der Waals surface area contributed by atoms with Crippen LogP contribution in [0.1, 0.15) is 12.1 Å². The summed E-state index contributed by atoms with van der Waals surface area (Å²) in [5, 5.41) is 8.77. The molecular formula is C10H10N2O2. The summed E-state index contributed by atoms with van der Waals surface area (Å²) in [6.07, 6.45) is 2.52. The summed E-state index contributed by atoms with van der Waals surface area (Å²) in [5.74, 6) is 0.547. The zero-order valence-electron chi connectivity index (χ0n) is 7.64. The van der Waals surface area contributed by atoms with Crippen LogP contribution in [0.2, 0.25) is 0 Å². The first-order chi connectivity index (χ1) is 6.90. The zero-order valence-corrected chi connectivity index (χ0v) is 7.64. The highest BCUT2D eigenvalue weighted by Crippen LogP contribution is 2.18. The fraction of sp³-hybridized carbons (Fsp3) is 0.400. The summed E-state index contributed by atoms with van der Waals surface area (Å²) >= 11 is 0. The SMILES string of the molecule is N#Cc1ncccc1OC1CCOC1. The molecule has 0 aliphatic carbocycles. The Kier molecular flexibility index (Phi) is 2.61. The fourth-order valence-electron chi connectivity index (χ4n) is 1.36. The number of rotatable bonds is 2. The third kappa shape index (κ3) is 1.83. The molecule has 1 aliphatic rings. The van der Waals surface area contributed by atoms with E-state index in [0.717, 1.165) is 13.0 Å². The van der Waals surface area contributed by atoms with Gasteiger partial charge in [-0.2, -0.15) is 5.26 Å². The van der Waals surface area contributed by atoms with Crippen LogP contribution in [0.5, 0.6) is 5.75 Å². The van der Waals surface area contributed by atoms with Crippen molar-refractivity contribution in [2.24, 2.45) is 0 Å². The molecule has 14 heavy (non-hydrogen) atoms. The van der Waals surface area contributed by atoms with E-state index < -0.39 is 0 Å². The van der Waals surface area contributed by atoms with Crippen molar-refractivity contribution in [1.29, 1.82) is 5.26 Å². The highest BCUT2D eigenvalue weighted by Gasteiger charge is 2.18. The fourth-order valence-corrected chi connectivity index (χ4v) is 1.36. The number of aromatic nitrogens is 1. The van der Waals surface area contributed by atoms with Crippen LogP contribution in [0.25, 0.3) is 0 Å². The molecule has 0 aromatic carbocycles. The van der Waals surface area contributed by atoms with Gasteiger partial charge in [0.15, 0.2) is 11.4 Å². The van der Waals surface area contributed by atoms with Crippen molar-refractivity contribution in [2.45, 2.75) is 12.5 Å². The summed E-state index contributed by atoms with van der Waals surface area (Å²) in [7, 11) is 0. The van der Waals surface area contributed by atoms with Gasteiger partial charge in [-0.05, 0) is 12.1 Å². The Bertz CT molecular complexity index is 353. The van der Waals surface area contributed by atoms with Crippen LogP contribution in [-0.2, 0) is 4.74 Å². The summed E-state index contributed by atoms with van der Waals surface area (Å²) in [6.45, 7) is 1.33. The Morgan fingerprint density at radius 2 is 2.57 bits per heavy atom. The van der Waals surface area contributed by atoms with Crippen molar-refractivity contribution in [3.63, 3.8) is 0 Å². The lowest BCUT2D eigenvalue weighted by molar-refractivity contribution is 0.141. The molecule has 4 nitrogen and oxygen atoms in total. The molecule has 0 N–H and O–H groups in total. The van der Waals surface area contributed by atoms with Gasteiger partial charge in [-0.1, -0.05) is 0 Å². The molecular weight excluding hydrogens is 180 g/mol. The molecule has 0 saturated carbocycles. The first kappa shape index (κ1) is 8.97. The predicted octanol–water partition coefficient (Wildman–Crippen LogP) is 1.12. The van der Waals surface area contributed by atoms with Gasteiger partial charge >= 0.3 is 0 Å². The number of ether oxygens (including phenoxy) is 2. The maximum Gasteiger partial charge on any atom is 0.182 e. The molecule has 2 rings (SSSR count). The molecule has 0 amide bonds. The highest BCUT2D eigenvalue weighted by molar-refractivity contribution is 5.36. The molecule has 2 heterocycles. The normalized spacial score (nSPS) is 20.4. The Hall–Kier alpha value is -1.60. The monoisotopic (exact) mass is 190 g/mol. The minimum absolute atomic E-state index is 0.0614. The number of hydrogen-bond donors (Lipinski definition) is 0. The van der Waals surface area contributed by atoms with Crippen molar-refractivity contribution in [1.82, 2.24) is 4.98 Å². The summed E-state index contributed by atoms with van der Waals surface area (Å²) < 4.78 is 10.8. The zero-order chi connectivity index (χ0) is 9.80. The number of nitriles is 1. The topological polar surface area (TPSA) is 55.1 Å². The minimum Gasteiger partial charge on any atom is -0.485 e. The van der Waals surface area contributed by atoms with Crippen molar-refractivity contribution >= 4 is 0 Å². The molecule has 4 heteroatoms. The van der Waals surface area contributed by atoms with E-state index >= 15 is 0 Å². The Labute approximate surface area is 82.1 Å². The van der Waals surface area contributed by atoms with Crippen LogP contribution in [-0.4, -0.2) is 24.3 Å². The van der Waals surface area contributed by atoms with E-state index in [9.17, 15) is 0 Å². The van der Waals surface area contributed by atoms with Crippen LogP contribution in [0, 0.1) is 11.3 Å². The highest BCUT2D eigenvalue weighted by atomic mass is 16.5. The minimum atomic E-state index is 0.0614. The maximum absolute atomic E-state index is 8.77. The lowest BCUT2D eigenvalue weighted by Gasteiger charge is -2.11. The van der Waals surface area contributed by atoms with Gasteiger partial charge in [-0.15, -0.1) is 0 Å². The third-order valence-corrected chi connectivity index (χ3v) is 2.06. The van der Waals surface area contributed by atoms with E-state index in [0.29, 0.717) is 18.1 Å². The average molecular weight is 190 g/mol. The van der Waals surface area contributed by atoms with Gasteiger partial charge in [0.1, 0.15) is 12.2 Å². The van der Waals surface area contributed by atoms with Gasteiger partial charge in [0.25, 0.3) is 0 Å². The maximum atomic E-state index is 8.77. The van der Waals surface area contributed by atoms with Gasteiger partial charge in [-0.3, -0.25) is 0 Å². The van der Waals surface area contributed by atoms with Gasteiger partial charge in [0.2, 0.25) is 0 Å².